The predicted molar refractivity (Wildman–Crippen MR) is 62.1 cm³/mol. The number of rotatable bonds is 4. The minimum Gasteiger partial charge on any atom is -0.348 e. The van der Waals surface area contributed by atoms with Crippen LogP contribution in [0.15, 0.2) is 12.7 Å². The molecule has 0 aromatic carbocycles. The minimum absolute atomic E-state index is 0.289. The van der Waals surface area contributed by atoms with Crippen molar-refractivity contribution in [1.29, 1.82) is 0 Å². The summed E-state index contributed by atoms with van der Waals surface area (Å²) in [5.41, 5.74) is -1.63. The summed E-state index contributed by atoms with van der Waals surface area (Å²) in [6, 6.07) is -0.511. The van der Waals surface area contributed by atoms with Crippen LogP contribution in [-0.2, 0) is 9.59 Å². The van der Waals surface area contributed by atoms with Gasteiger partial charge in [0, 0.05) is 12.0 Å². The van der Waals surface area contributed by atoms with Crippen LogP contribution in [0.4, 0.5) is 4.79 Å². The van der Waals surface area contributed by atoms with Gasteiger partial charge in [-0.05, 0) is 26.8 Å². The molecule has 0 saturated carbocycles. The third-order valence-corrected chi connectivity index (χ3v) is 2.56. The van der Waals surface area contributed by atoms with Gasteiger partial charge < -0.3 is 10.6 Å². The van der Waals surface area contributed by atoms with Gasteiger partial charge in [0.1, 0.15) is 5.54 Å². The maximum Gasteiger partial charge on any atom is 0.322 e. The summed E-state index contributed by atoms with van der Waals surface area (Å²) < 4.78 is 0. The molecule has 1 heterocycles. The highest BCUT2D eigenvalue weighted by molar-refractivity contribution is 6.06. The van der Waals surface area contributed by atoms with Gasteiger partial charge in [0.15, 0.2) is 0 Å². The van der Waals surface area contributed by atoms with Crippen LogP contribution in [-0.4, -0.2) is 28.9 Å². The van der Waals surface area contributed by atoms with Crippen LogP contribution in [0, 0.1) is 0 Å². The van der Waals surface area contributed by atoms with Gasteiger partial charge in [0.25, 0.3) is 5.91 Å². The molecule has 1 rings (SSSR count). The first-order valence-corrected chi connectivity index (χ1v) is 5.27. The van der Waals surface area contributed by atoms with Crippen LogP contribution in [0.1, 0.15) is 27.2 Å². The Hall–Kier alpha value is -1.85. The van der Waals surface area contributed by atoms with Crippen molar-refractivity contribution in [3.05, 3.63) is 12.7 Å². The van der Waals surface area contributed by atoms with Gasteiger partial charge in [-0.3, -0.25) is 14.9 Å². The minimum atomic E-state index is -1.00. The van der Waals surface area contributed by atoms with Gasteiger partial charge in [-0.2, -0.15) is 0 Å². The molecule has 3 N–H and O–H groups in total. The molecule has 17 heavy (non-hydrogen) atoms. The van der Waals surface area contributed by atoms with Crippen molar-refractivity contribution >= 4 is 17.8 Å². The average Bonchev–Trinajstić information content (AvgIpc) is 2.37. The van der Waals surface area contributed by atoms with Crippen LogP contribution in [0.2, 0.25) is 0 Å². The number of amides is 4. The summed E-state index contributed by atoms with van der Waals surface area (Å²) in [5.74, 6) is -0.702. The van der Waals surface area contributed by atoms with Crippen molar-refractivity contribution < 1.29 is 14.4 Å². The Morgan fingerprint density at radius 3 is 2.53 bits per heavy atom. The van der Waals surface area contributed by atoms with Gasteiger partial charge in [0.05, 0.1) is 0 Å². The smallest absolute Gasteiger partial charge is 0.322 e. The van der Waals surface area contributed by atoms with E-state index in [-0.39, 0.29) is 18.2 Å². The average molecular weight is 239 g/mol. The van der Waals surface area contributed by atoms with Gasteiger partial charge in [-0.25, -0.2) is 4.79 Å². The van der Waals surface area contributed by atoms with Gasteiger partial charge >= 0.3 is 6.03 Å². The largest absolute Gasteiger partial charge is 0.348 e. The van der Waals surface area contributed by atoms with E-state index in [0.717, 1.165) is 6.08 Å². The Bertz CT molecular complexity index is 389. The van der Waals surface area contributed by atoms with Crippen LogP contribution < -0.4 is 16.0 Å². The molecule has 1 fully saturated rings. The Kier molecular flexibility index (Phi) is 3.26. The lowest BCUT2D eigenvalue weighted by molar-refractivity contribution is -0.125. The first-order chi connectivity index (χ1) is 7.68. The molecule has 1 aliphatic heterocycles. The third kappa shape index (κ3) is 3.05. The van der Waals surface area contributed by atoms with Crippen LogP contribution >= 0.6 is 0 Å². The molecule has 4 amide bonds. The van der Waals surface area contributed by atoms with Crippen molar-refractivity contribution in [3.8, 4) is 0 Å². The van der Waals surface area contributed by atoms with Crippen LogP contribution in [0.3, 0.4) is 0 Å². The van der Waals surface area contributed by atoms with E-state index in [1.54, 1.807) is 20.8 Å². The molecule has 0 bridgehead atoms. The predicted octanol–water partition coefficient (Wildman–Crippen LogP) is 0.0554. The molecule has 6 heteroatoms. The number of imide groups is 1. The summed E-state index contributed by atoms with van der Waals surface area (Å²) in [4.78, 5) is 33.9. The molecule has 0 radical (unpaired) electrons. The normalized spacial score (nSPS) is 23.9. The van der Waals surface area contributed by atoms with Gasteiger partial charge in [-0.1, -0.05) is 6.58 Å². The fourth-order valence-electron chi connectivity index (χ4n) is 2.02. The quantitative estimate of drug-likeness (QED) is 0.478. The number of urea groups is 1. The maximum atomic E-state index is 11.6. The molecule has 0 aliphatic carbocycles. The summed E-state index contributed by atoms with van der Waals surface area (Å²) in [6.45, 7) is 8.53. The standard InChI is InChI=1S/C11H17N3O3/c1-5-7(15)13-10(2,3)6-11(4)8(16)12-9(17)14-11/h5H,1,6H2,2-4H3,(H,13,15)(H2,12,14,16,17). The molecule has 6 nitrogen and oxygen atoms in total. The zero-order chi connectivity index (χ0) is 13.3. The van der Waals surface area contributed by atoms with Crippen molar-refractivity contribution in [2.24, 2.45) is 0 Å². The van der Waals surface area contributed by atoms with E-state index >= 15 is 0 Å². The first-order valence-electron chi connectivity index (χ1n) is 5.27. The van der Waals surface area contributed by atoms with E-state index in [1.807, 2.05) is 0 Å². The fourth-order valence-corrected chi connectivity index (χ4v) is 2.02. The summed E-state index contributed by atoms with van der Waals surface area (Å²) in [7, 11) is 0. The van der Waals surface area contributed by atoms with Crippen molar-refractivity contribution in [2.75, 3.05) is 0 Å². The summed E-state index contributed by atoms with van der Waals surface area (Å²) in [5, 5.41) is 7.43. The second-order valence-electron chi connectivity index (χ2n) is 4.99. The van der Waals surface area contributed by atoms with E-state index in [0.29, 0.717) is 0 Å². The monoisotopic (exact) mass is 239 g/mol. The highest BCUT2D eigenvalue weighted by Gasteiger charge is 2.45. The number of hydrogen-bond acceptors (Lipinski definition) is 3. The first kappa shape index (κ1) is 13.2. The number of hydrogen-bond donors (Lipinski definition) is 3. The molecular formula is C11H17N3O3. The second-order valence-corrected chi connectivity index (χ2v) is 4.99. The number of carbonyl (C=O) groups is 3. The molecule has 0 aromatic rings. The van der Waals surface area contributed by atoms with Gasteiger partial charge in [0.2, 0.25) is 5.91 Å². The lowest BCUT2D eigenvalue weighted by Gasteiger charge is -2.33. The fraction of sp³-hybridized carbons (Fsp3) is 0.545. The second kappa shape index (κ2) is 4.20. The van der Waals surface area contributed by atoms with E-state index in [9.17, 15) is 14.4 Å². The molecule has 94 valence electrons. The summed E-state index contributed by atoms with van der Waals surface area (Å²) in [6.07, 6.45) is 1.45. The Morgan fingerprint density at radius 2 is 2.12 bits per heavy atom. The lowest BCUT2D eigenvalue weighted by atomic mass is 9.85. The zero-order valence-corrected chi connectivity index (χ0v) is 10.2. The third-order valence-electron chi connectivity index (χ3n) is 2.56. The van der Waals surface area contributed by atoms with Crippen molar-refractivity contribution in [2.45, 2.75) is 38.3 Å². The number of carbonyl (C=O) groups excluding carboxylic acids is 3. The van der Waals surface area contributed by atoms with Crippen LogP contribution in [0.25, 0.3) is 0 Å². The SMILES string of the molecule is C=CC(=O)NC(C)(C)CC1(C)NC(=O)NC1=O. The lowest BCUT2D eigenvalue weighted by Crippen LogP contribution is -2.54. The molecular weight excluding hydrogens is 222 g/mol. The molecule has 0 spiro atoms. The Balaban J connectivity index is 2.76. The van der Waals surface area contributed by atoms with E-state index in [2.05, 4.69) is 22.5 Å². The molecule has 1 atom stereocenters. The molecule has 0 aromatic heterocycles. The van der Waals surface area contributed by atoms with Gasteiger partial charge in [-0.15, -0.1) is 0 Å². The highest BCUT2D eigenvalue weighted by Crippen LogP contribution is 2.23. The van der Waals surface area contributed by atoms with E-state index < -0.39 is 17.1 Å². The van der Waals surface area contributed by atoms with E-state index in [1.165, 1.54) is 0 Å². The summed E-state index contributed by atoms with van der Waals surface area (Å²) >= 11 is 0. The molecule has 1 unspecified atom stereocenters. The topological polar surface area (TPSA) is 87.3 Å². The van der Waals surface area contributed by atoms with Crippen LogP contribution in [0.5, 0.6) is 0 Å². The van der Waals surface area contributed by atoms with Crippen molar-refractivity contribution in [1.82, 2.24) is 16.0 Å². The zero-order valence-electron chi connectivity index (χ0n) is 10.2. The highest BCUT2D eigenvalue weighted by atomic mass is 16.2. The van der Waals surface area contributed by atoms with Crippen molar-refractivity contribution in [3.63, 3.8) is 0 Å². The Labute approximate surface area is 99.8 Å². The molecule has 1 saturated heterocycles. The number of nitrogens with one attached hydrogen (secondary N) is 3. The molecule has 1 aliphatic rings. The Morgan fingerprint density at radius 1 is 1.53 bits per heavy atom. The maximum absolute atomic E-state index is 11.6. The van der Waals surface area contributed by atoms with E-state index in [4.69, 9.17) is 0 Å².